The average Bonchev–Trinajstić information content (AvgIpc) is 3.45. The minimum Gasteiger partial charge on any atom is -0.374 e. The van der Waals surface area contributed by atoms with Crippen molar-refractivity contribution in [3.05, 3.63) is 24.0 Å². The number of hydrogen-bond acceptors (Lipinski definition) is 6. The molecule has 8 heteroatoms. The second kappa shape index (κ2) is 7.85. The van der Waals surface area contributed by atoms with Crippen LogP contribution in [-0.4, -0.2) is 57.9 Å². The number of ether oxygens (including phenoxy) is 3. The molecule has 154 valence electrons. The van der Waals surface area contributed by atoms with Gasteiger partial charge in [-0.1, -0.05) is 0 Å². The van der Waals surface area contributed by atoms with Crippen molar-refractivity contribution in [2.45, 2.75) is 43.7 Å². The fraction of sp³-hybridized carbons (Fsp3) is 0.650. The van der Waals surface area contributed by atoms with E-state index in [-0.39, 0.29) is 24.1 Å². The summed E-state index contributed by atoms with van der Waals surface area (Å²) in [5.74, 6) is -0.0587. The maximum atomic E-state index is 14.8. The smallest absolute Gasteiger partial charge is 0.244 e. The Balaban J connectivity index is 1.35. The summed E-state index contributed by atoms with van der Waals surface area (Å²) in [5, 5.41) is 6.04. The molecule has 3 aliphatic rings. The van der Waals surface area contributed by atoms with Gasteiger partial charge in [-0.15, -0.1) is 0 Å². The molecule has 3 aliphatic heterocycles. The molecule has 2 N–H and O–H groups in total. The van der Waals surface area contributed by atoms with Gasteiger partial charge in [0.25, 0.3) is 0 Å². The summed E-state index contributed by atoms with van der Waals surface area (Å²) in [6.07, 6.45) is 3.01. The van der Waals surface area contributed by atoms with Gasteiger partial charge in [0.1, 0.15) is 11.9 Å². The summed E-state index contributed by atoms with van der Waals surface area (Å²) in [4.78, 5) is 14.3. The topological polar surface area (TPSA) is 75.4 Å². The predicted octanol–water partition coefficient (Wildman–Crippen LogP) is 2.08. The van der Waals surface area contributed by atoms with Crippen LogP contribution in [0.25, 0.3) is 0 Å². The van der Waals surface area contributed by atoms with Gasteiger partial charge in [-0.3, -0.25) is 4.79 Å². The second-order valence-electron chi connectivity index (χ2n) is 7.84. The first-order chi connectivity index (χ1) is 13.5. The van der Waals surface area contributed by atoms with E-state index in [1.165, 1.54) is 6.07 Å². The molecule has 1 aromatic rings. The van der Waals surface area contributed by atoms with Crippen LogP contribution < -0.4 is 15.5 Å². The van der Waals surface area contributed by atoms with Crippen LogP contribution in [0.15, 0.2) is 18.2 Å². The van der Waals surface area contributed by atoms with E-state index in [0.29, 0.717) is 30.3 Å². The molecule has 1 aromatic carbocycles. The number of benzene rings is 1. The van der Waals surface area contributed by atoms with Crippen LogP contribution in [0.2, 0.25) is 0 Å². The highest BCUT2D eigenvalue weighted by molar-refractivity contribution is 5.86. The van der Waals surface area contributed by atoms with Gasteiger partial charge < -0.3 is 29.7 Å². The minimum absolute atomic E-state index is 0.0962. The lowest BCUT2D eigenvalue weighted by Gasteiger charge is -2.36. The first-order valence-corrected chi connectivity index (χ1v) is 9.86. The molecule has 28 heavy (non-hydrogen) atoms. The van der Waals surface area contributed by atoms with Crippen LogP contribution in [0, 0.1) is 11.7 Å². The fourth-order valence-corrected chi connectivity index (χ4v) is 4.27. The summed E-state index contributed by atoms with van der Waals surface area (Å²) < 4.78 is 30.8. The third-order valence-corrected chi connectivity index (χ3v) is 6.02. The number of methoxy groups -OCH3 is 2. The van der Waals surface area contributed by atoms with Crippen molar-refractivity contribution >= 4 is 17.3 Å². The van der Waals surface area contributed by atoms with Crippen molar-refractivity contribution in [1.82, 2.24) is 5.32 Å². The van der Waals surface area contributed by atoms with Crippen LogP contribution >= 0.6 is 0 Å². The summed E-state index contributed by atoms with van der Waals surface area (Å²) in [7, 11) is 3.30. The molecule has 1 spiro atoms. The zero-order chi connectivity index (χ0) is 19.7. The van der Waals surface area contributed by atoms with E-state index < -0.39 is 5.72 Å². The average molecular weight is 393 g/mol. The normalized spacial score (nSPS) is 27.9. The lowest BCUT2D eigenvalue weighted by Crippen LogP contribution is -2.52. The van der Waals surface area contributed by atoms with Crippen molar-refractivity contribution in [3.63, 3.8) is 0 Å². The number of nitrogens with zero attached hydrogens (tertiary/aromatic N) is 1. The summed E-state index contributed by atoms with van der Waals surface area (Å²) in [5.41, 5.74) is 0.776. The van der Waals surface area contributed by atoms with Gasteiger partial charge in [0.15, 0.2) is 12.0 Å². The highest BCUT2D eigenvalue weighted by Gasteiger charge is 2.50. The molecule has 2 atom stereocenters. The number of piperidine rings is 2. The molecule has 7 nitrogen and oxygen atoms in total. The zero-order valence-electron chi connectivity index (χ0n) is 16.4. The molecule has 0 radical (unpaired) electrons. The van der Waals surface area contributed by atoms with E-state index >= 15 is 0 Å². The maximum Gasteiger partial charge on any atom is 0.244 e. The van der Waals surface area contributed by atoms with E-state index in [1.54, 1.807) is 20.3 Å². The lowest BCUT2D eigenvalue weighted by atomic mass is 9.95. The number of hydrogen-bond donors (Lipinski definition) is 2. The molecular weight excluding hydrogens is 365 g/mol. The van der Waals surface area contributed by atoms with E-state index in [1.807, 2.05) is 6.07 Å². The Kier molecular flexibility index (Phi) is 5.44. The monoisotopic (exact) mass is 393 g/mol. The Morgan fingerprint density at radius 3 is 2.57 bits per heavy atom. The fourth-order valence-electron chi connectivity index (χ4n) is 4.27. The highest BCUT2D eigenvalue weighted by atomic mass is 19.1. The van der Waals surface area contributed by atoms with Crippen molar-refractivity contribution in [3.8, 4) is 0 Å². The first kappa shape index (κ1) is 19.4. The number of carbonyl (C=O) groups excluding carboxylic acids is 1. The number of epoxide rings is 1. The summed E-state index contributed by atoms with van der Waals surface area (Å²) in [6, 6.07) is 4.73. The van der Waals surface area contributed by atoms with Crippen LogP contribution in [-0.2, 0) is 19.0 Å². The SMILES string of the molecule is COC(OC)C1CCN(c2ccc(NC3CCC4(CO4)NC3=O)cc2F)CC1. The molecule has 0 aliphatic carbocycles. The Bertz CT molecular complexity index is 715. The zero-order valence-corrected chi connectivity index (χ0v) is 16.4. The van der Waals surface area contributed by atoms with Crippen molar-refractivity contribution in [2.24, 2.45) is 5.92 Å². The largest absolute Gasteiger partial charge is 0.374 e. The van der Waals surface area contributed by atoms with Crippen molar-refractivity contribution in [1.29, 1.82) is 0 Å². The van der Waals surface area contributed by atoms with Gasteiger partial charge in [0.2, 0.25) is 5.91 Å². The van der Waals surface area contributed by atoms with Gasteiger partial charge in [-0.25, -0.2) is 4.39 Å². The third-order valence-electron chi connectivity index (χ3n) is 6.02. The molecule has 3 saturated heterocycles. The lowest BCUT2D eigenvalue weighted by molar-refractivity contribution is -0.141. The summed E-state index contributed by atoms with van der Waals surface area (Å²) >= 11 is 0. The van der Waals surface area contributed by atoms with Crippen LogP contribution in [0.5, 0.6) is 0 Å². The Hall–Kier alpha value is -1.90. The predicted molar refractivity (Wildman–Crippen MR) is 103 cm³/mol. The number of nitrogens with one attached hydrogen (secondary N) is 2. The Labute approximate surface area is 164 Å². The van der Waals surface area contributed by atoms with Crippen molar-refractivity contribution in [2.75, 3.05) is 44.1 Å². The maximum absolute atomic E-state index is 14.8. The number of rotatable bonds is 6. The van der Waals surface area contributed by atoms with E-state index in [9.17, 15) is 9.18 Å². The quantitative estimate of drug-likeness (QED) is 0.569. The molecule has 3 fully saturated rings. The van der Waals surface area contributed by atoms with E-state index in [2.05, 4.69) is 15.5 Å². The minimum atomic E-state index is -0.429. The van der Waals surface area contributed by atoms with Gasteiger partial charge in [-0.2, -0.15) is 0 Å². The standard InChI is InChI=1S/C20H28FN3O4/c1-26-19(27-2)13-6-9-24(10-7-13)17-4-3-14(11-15(17)21)22-16-5-8-20(12-28-20)23-18(16)25/h3-4,11,13,16,19,22H,5-10,12H2,1-2H3,(H,23,25). The van der Waals surface area contributed by atoms with E-state index in [0.717, 1.165) is 32.4 Å². The van der Waals surface area contributed by atoms with Gasteiger partial charge >= 0.3 is 0 Å². The molecule has 4 rings (SSSR count). The van der Waals surface area contributed by atoms with Crippen LogP contribution in [0.4, 0.5) is 15.8 Å². The number of amides is 1. The number of anilines is 2. The molecule has 0 aromatic heterocycles. The van der Waals surface area contributed by atoms with Crippen LogP contribution in [0.1, 0.15) is 25.7 Å². The molecule has 1 amide bonds. The van der Waals surface area contributed by atoms with Crippen LogP contribution in [0.3, 0.4) is 0 Å². The van der Waals surface area contributed by atoms with Gasteiger partial charge in [0.05, 0.1) is 12.3 Å². The molecule has 0 saturated carbocycles. The van der Waals surface area contributed by atoms with Gasteiger partial charge in [-0.05, 0) is 43.9 Å². The second-order valence-corrected chi connectivity index (χ2v) is 7.84. The van der Waals surface area contributed by atoms with E-state index in [4.69, 9.17) is 14.2 Å². The van der Waals surface area contributed by atoms with Crippen molar-refractivity contribution < 1.29 is 23.4 Å². The molecule has 0 bridgehead atoms. The molecule has 2 unspecified atom stereocenters. The Morgan fingerprint density at radius 2 is 2.00 bits per heavy atom. The third kappa shape index (κ3) is 3.94. The number of halogens is 1. The first-order valence-electron chi connectivity index (χ1n) is 9.86. The molecule has 3 heterocycles. The molecular formula is C20H28FN3O4. The number of carbonyl (C=O) groups is 1. The Morgan fingerprint density at radius 1 is 1.29 bits per heavy atom. The van der Waals surface area contributed by atoms with Gasteiger partial charge in [0, 0.05) is 38.9 Å². The summed E-state index contributed by atoms with van der Waals surface area (Å²) in [6.45, 7) is 2.09. The highest BCUT2D eigenvalue weighted by Crippen LogP contribution is 2.34.